The largest absolute Gasteiger partial charge is 0.497 e. The number of hydrogen-bond acceptors (Lipinski definition) is 3. The first-order chi connectivity index (χ1) is 13.7. The summed E-state index contributed by atoms with van der Waals surface area (Å²) in [6.07, 6.45) is -0.240. The van der Waals surface area contributed by atoms with Crippen LogP contribution in [0.15, 0.2) is 72.8 Å². The maximum Gasteiger partial charge on any atom is 0.256 e. The van der Waals surface area contributed by atoms with E-state index in [4.69, 9.17) is 4.74 Å². The molecule has 1 N–H and O–H groups in total. The van der Waals surface area contributed by atoms with E-state index in [1.165, 1.54) is 12.1 Å². The van der Waals surface area contributed by atoms with Gasteiger partial charge in [0.1, 0.15) is 17.7 Å². The topological polar surface area (TPSA) is 41.6 Å². The first-order valence-corrected chi connectivity index (χ1v) is 9.16. The van der Waals surface area contributed by atoms with Gasteiger partial charge in [-0.1, -0.05) is 42.5 Å². The SMILES string of the molecule is COc1ccc(CN[C@H]2c3ccccc3C(=O)N2Cc2ccc(F)cc2)cc1. The monoisotopic (exact) mass is 376 g/mol. The number of ether oxygens (including phenoxy) is 1. The Morgan fingerprint density at radius 3 is 2.36 bits per heavy atom. The van der Waals surface area contributed by atoms with Crippen LogP contribution in [-0.4, -0.2) is 17.9 Å². The normalized spacial score (nSPS) is 15.6. The van der Waals surface area contributed by atoms with Gasteiger partial charge in [-0.2, -0.15) is 0 Å². The molecule has 0 aromatic heterocycles. The van der Waals surface area contributed by atoms with Crippen LogP contribution in [0.1, 0.15) is 33.2 Å². The average molecular weight is 376 g/mol. The maximum absolute atomic E-state index is 13.2. The van der Waals surface area contributed by atoms with E-state index in [1.54, 1.807) is 24.1 Å². The second kappa shape index (κ2) is 7.82. The fourth-order valence-corrected chi connectivity index (χ4v) is 3.50. The molecule has 1 aliphatic heterocycles. The van der Waals surface area contributed by atoms with Gasteiger partial charge < -0.3 is 9.64 Å². The lowest BCUT2D eigenvalue weighted by Gasteiger charge is -2.26. The number of rotatable bonds is 6. The number of halogens is 1. The van der Waals surface area contributed by atoms with Gasteiger partial charge in [0.2, 0.25) is 0 Å². The standard InChI is InChI=1S/C23H21FN2O2/c1-28-19-12-8-16(9-13-19)14-25-22-20-4-2-3-5-21(20)23(27)26(22)15-17-6-10-18(24)11-7-17/h2-13,22,25H,14-15H2,1H3/t22-/m1/s1. The Kier molecular flexibility index (Phi) is 5.08. The number of hydrogen-bond donors (Lipinski definition) is 1. The van der Waals surface area contributed by atoms with Crippen LogP contribution in [-0.2, 0) is 13.1 Å². The van der Waals surface area contributed by atoms with E-state index in [1.807, 2.05) is 48.5 Å². The first-order valence-electron chi connectivity index (χ1n) is 9.16. The van der Waals surface area contributed by atoms with E-state index in [0.29, 0.717) is 18.7 Å². The smallest absolute Gasteiger partial charge is 0.256 e. The number of carbonyl (C=O) groups excluding carboxylic acids is 1. The molecular weight excluding hydrogens is 355 g/mol. The van der Waals surface area contributed by atoms with Crippen molar-refractivity contribution in [3.8, 4) is 5.75 Å². The molecule has 4 nitrogen and oxygen atoms in total. The average Bonchev–Trinajstić information content (AvgIpc) is 3.00. The van der Waals surface area contributed by atoms with Crippen molar-refractivity contribution >= 4 is 5.91 Å². The molecule has 1 aliphatic rings. The Morgan fingerprint density at radius 1 is 0.964 bits per heavy atom. The van der Waals surface area contributed by atoms with Gasteiger partial charge in [-0.25, -0.2) is 4.39 Å². The fourth-order valence-electron chi connectivity index (χ4n) is 3.50. The van der Waals surface area contributed by atoms with Crippen LogP contribution in [0.4, 0.5) is 4.39 Å². The highest BCUT2D eigenvalue weighted by molar-refractivity contribution is 5.99. The van der Waals surface area contributed by atoms with Gasteiger partial charge in [-0.3, -0.25) is 10.1 Å². The van der Waals surface area contributed by atoms with Gasteiger partial charge in [-0.15, -0.1) is 0 Å². The zero-order valence-corrected chi connectivity index (χ0v) is 15.6. The Hall–Kier alpha value is -3.18. The molecule has 28 heavy (non-hydrogen) atoms. The number of fused-ring (bicyclic) bond motifs is 1. The van der Waals surface area contributed by atoms with Crippen LogP contribution >= 0.6 is 0 Å². The van der Waals surface area contributed by atoms with E-state index < -0.39 is 0 Å². The molecule has 1 heterocycles. The van der Waals surface area contributed by atoms with Crippen molar-refractivity contribution in [3.63, 3.8) is 0 Å². The van der Waals surface area contributed by atoms with Crippen molar-refractivity contribution in [2.45, 2.75) is 19.3 Å². The number of nitrogens with one attached hydrogen (secondary N) is 1. The van der Waals surface area contributed by atoms with Gasteiger partial charge in [0.15, 0.2) is 0 Å². The van der Waals surface area contributed by atoms with Crippen molar-refractivity contribution in [3.05, 3.63) is 101 Å². The zero-order chi connectivity index (χ0) is 19.5. The van der Waals surface area contributed by atoms with Gasteiger partial charge in [0, 0.05) is 24.2 Å². The van der Waals surface area contributed by atoms with Crippen LogP contribution in [0.25, 0.3) is 0 Å². The molecule has 0 saturated heterocycles. The Morgan fingerprint density at radius 2 is 1.64 bits per heavy atom. The van der Waals surface area contributed by atoms with Gasteiger partial charge >= 0.3 is 0 Å². The van der Waals surface area contributed by atoms with Crippen molar-refractivity contribution in [2.75, 3.05) is 7.11 Å². The summed E-state index contributed by atoms with van der Waals surface area (Å²) in [6.45, 7) is 1.02. The predicted octanol–water partition coefficient (Wildman–Crippen LogP) is 4.28. The minimum atomic E-state index is -0.283. The molecule has 0 unspecified atom stereocenters. The second-order valence-electron chi connectivity index (χ2n) is 6.78. The van der Waals surface area contributed by atoms with Crippen molar-refractivity contribution in [2.24, 2.45) is 0 Å². The summed E-state index contributed by atoms with van der Waals surface area (Å²) < 4.78 is 18.4. The van der Waals surface area contributed by atoms with E-state index in [-0.39, 0.29) is 17.9 Å². The predicted molar refractivity (Wildman–Crippen MR) is 105 cm³/mol. The summed E-state index contributed by atoms with van der Waals surface area (Å²) >= 11 is 0. The Balaban J connectivity index is 1.56. The Labute approximate surface area is 163 Å². The third-order valence-corrected chi connectivity index (χ3v) is 4.98. The van der Waals surface area contributed by atoms with Crippen molar-refractivity contribution in [1.82, 2.24) is 10.2 Å². The molecule has 0 aliphatic carbocycles. The highest BCUT2D eigenvalue weighted by Gasteiger charge is 2.36. The number of methoxy groups -OCH3 is 1. The third-order valence-electron chi connectivity index (χ3n) is 4.98. The summed E-state index contributed by atoms with van der Waals surface area (Å²) in [6, 6.07) is 21.7. The van der Waals surface area contributed by atoms with Crippen LogP contribution < -0.4 is 10.1 Å². The van der Waals surface area contributed by atoms with Gasteiger partial charge in [0.25, 0.3) is 5.91 Å². The fraction of sp³-hybridized carbons (Fsp3) is 0.174. The number of amides is 1. The molecule has 3 aromatic carbocycles. The summed E-state index contributed by atoms with van der Waals surface area (Å²) in [5, 5.41) is 3.49. The molecule has 0 bridgehead atoms. The summed E-state index contributed by atoms with van der Waals surface area (Å²) in [7, 11) is 1.64. The zero-order valence-electron chi connectivity index (χ0n) is 15.6. The molecule has 0 spiro atoms. The lowest BCUT2D eigenvalue weighted by molar-refractivity contribution is 0.0675. The summed E-state index contributed by atoms with van der Waals surface area (Å²) in [5.74, 6) is 0.504. The molecule has 4 rings (SSSR count). The van der Waals surface area contributed by atoms with E-state index in [9.17, 15) is 9.18 Å². The highest BCUT2D eigenvalue weighted by Crippen LogP contribution is 2.33. The molecule has 1 atom stereocenters. The maximum atomic E-state index is 13.2. The molecule has 1 amide bonds. The minimum Gasteiger partial charge on any atom is -0.497 e. The molecular formula is C23H21FN2O2. The number of carbonyl (C=O) groups is 1. The van der Waals surface area contributed by atoms with Gasteiger partial charge in [0.05, 0.1) is 7.11 Å². The van der Waals surface area contributed by atoms with E-state index in [0.717, 1.165) is 22.4 Å². The molecule has 142 valence electrons. The van der Waals surface area contributed by atoms with Crippen LogP contribution in [0.2, 0.25) is 0 Å². The Bertz CT molecular complexity index is 971. The summed E-state index contributed by atoms with van der Waals surface area (Å²) in [4.78, 5) is 14.8. The molecule has 0 saturated carbocycles. The minimum absolute atomic E-state index is 0.0212. The summed E-state index contributed by atoms with van der Waals surface area (Å²) in [5.41, 5.74) is 3.65. The van der Waals surface area contributed by atoms with E-state index >= 15 is 0 Å². The quantitative estimate of drug-likeness (QED) is 0.698. The van der Waals surface area contributed by atoms with E-state index in [2.05, 4.69) is 5.32 Å². The number of benzene rings is 3. The molecule has 3 aromatic rings. The van der Waals surface area contributed by atoms with Crippen LogP contribution in [0.3, 0.4) is 0 Å². The molecule has 5 heteroatoms. The van der Waals surface area contributed by atoms with Crippen LogP contribution in [0.5, 0.6) is 5.75 Å². The van der Waals surface area contributed by atoms with Crippen LogP contribution in [0, 0.1) is 5.82 Å². The highest BCUT2D eigenvalue weighted by atomic mass is 19.1. The molecule has 0 radical (unpaired) electrons. The van der Waals surface area contributed by atoms with Crippen molar-refractivity contribution in [1.29, 1.82) is 0 Å². The van der Waals surface area contributed by atoms with Crippen molar-refractivity contribution < 1.29 is 13.9 Å². The first kappa shape index (κ1) is 18.2. The molecule has 0 fully saturated rings. The third kappa shape index (κ3) is 3.62. The second-order valence-corrected chi connectivity index (χ2v) is 6.78. The lowest BCUT2D eigenvalue weighted by Crippen LogP contribution is -2.36. The lowest BCUT2D eigenvalue weighted by atomic mass is 10.1. The van der Waals surface area contributed by atoms with Gasteiger partial charge in [-0.05, 0) is 41.5 Å². The number of nitrogens with zero attached hydrogens (tertiary/aromatic N) is 1.